The molecule has 0 radical (unpaired) electrons. The second-order valence-electron chi connectivity index (χ2n) is 5.64. The molecule has 2 aromatic heterocycles. The Balaban J connectivity index is 2.36. The van der Waals surface area contributed by atoms with Crippen LogP contribution >= 0.6 is 0 Å². The van der Waals surface area contributed by atoms with E-state index in [4.69, 9.17) is 0 Å². The molecule has 0 unspecified atom stereocenters. The number of hydrogen-bond acceptors (Lipinski definition) is 3. The zero-order chi connectivity index (χ0) is 14.9. The van der Waals surface area contributed by atoms with Crippen molar-refractivity contribution in [1.82, 2.24) is 14.7 Å². The zero-order valence-electron chi connectivity index (χ0n) is 12.4. The topological polar surface area (TPSA) is 66.6 Å². The van der Waals surface area contributed by atoms with Crippen LogP contribution in [0, 0.1) is 6.92 Å². The Bertz CT molecular complexity index is 644. The number of aliphatic hydroxyl groups excluding tert-OH is 1. The van der Waals surface area contributed by atoms with E-state index in [1.54, 1.807) is 26.1 Å². The molecular formula is C15H21N3O2. The Labute approximate surface area is 118 Å². The van der Waals surface area contributed by atoms with E-state index >= 15 is 0 Å². The number of carbonyl (C=O) groups excluding carboxylic acids is 1. The molecule has 20 heavy (non-hydrogen) atoms. The SMILES string of the molecule is CCc1nc2ccc(C(=O)NC(C)(C)CO)cn2c1C. The van der Waals surface area contributed by atoms with E-state index in [0.29, 0.717) is 5.56 Å². The summed E-state index contributed by atoms with van der Waals surface area (Å²) in [4.78, 5) is 16.7. The number of nitrogens with one attached hydrogen (secondary N) is 1. The van der Waals surface area contributed by atoms with Gasteiger partial charge in [0.05, 0.1) is 23.4 Å². The first-order chi connectivity index (χ1) is 9.38. The van der Waals surface area contributed by atoms with Crippen LogP contribution in [0.3, 0.4) is 0 Å². The molecule has 5 nitrogen and oxygen atoms in total. The summed E-state index contributed by atoms with van der Waals surface area (Å²) in [5.41, 5.74) is 2.86. The van der Waals surface area contributed by atoms with Crippen LogP contribution in [-0.2, 0) is 6.42 Å². The number of fused-ring (bicyclic) bond motifs is 1. The van der Waals surface area contributed by atoms with Crippen molar-refractivity contribution in [1.29, 1.82) is 0 Å². The number of aryl methyl sites for hydroxylation is 2. The van der Waals surface area contributed by atoms with Gasteiger partial charge in [0, 0.05) is 11.9 Å². The smallest absolute Gasteiger partial charge is 0.253 e. The molecule has 0 fully saturated rings. The van der Waals surface area contributed by atoms with E-state index in [1.807, 2.05) is 17.4 Å². The fraction of sp³-hybridized carbons (Fsp3) is 0.467. The number of carbonyl (C=O) groups is 1. The molecule has 0 spiro atoms. The van der Waals surface area contributed by atoms with Crippen molar-refractivity contribution in [3.63, 3.8) is 0 Å². The van der Waals surface area contributed by atoms with Crippen molar-refractivity contribution in [2.24, 2.45) is 0 Å². The number of imidazole rings is 1. The molecule has 0 aliphatic carbocycles. The number of aliphatic hydroxyl groups is 1. The molecule has 2 N–H and O–H groups in total. The van der Waals surface area contributed by atoms with E-state index in [-0.39, 0.29) is 12.5 Å². The second kappa shape index (κ2) is 5.25. The maximum atomic E-state index is 12.2. The summed E-state index contributed by atoms with van der Waals surface area (Å²) in [7, 11) is 0. The van der Waals surface area contributed by atoms with Crippen LogP contribution in [0.2, 0.25) is 0 Å². The van der Waals surface area contributed by atoms with Crippen LogP contribution in [0.15, 0.2) is 18.3 Å². The number of amides is 1. The zero-order valence-corrected chi connectivity index (χ0v) is 12.4. The molecule has 1 amide bonds. The van der Waals surface area contributed by atoms with Crippen LogP contribution in [-0.4, -0.2) is 32.5 Å². The lowest BCUT2D eigenvalue weighted by Crippen LogP contribution is -2.46. The second-order valence-corrected chi connectivity index (χ2v) is 5.64. The summed E-state index contributed by atoms with van der Waals surface area (Å²) >= 11 is 0. The van der Waals surface area contributed by atoms with Crippen molar-refractivity contribution >= 4 is 11.6 Å². The van der Waals surface area contributed by atoms with Crippen molar-refractivity contribution in [3.05, 3.63) is 35.3 Å². The molecule has 0 bridgehead atoms. The van der Waals surface area contributed by atoms with Gasteiger partial charge in [-0.15, -0.1) is 0 Å². The number of rotatable bonds is 4. The number of nitrogens with zero attached hydrogens (tertiary/aromatic N) is 2. The summed E-state index contributed by atoms with van der Waals surface area (Å²) in [6, 6.07) is 3.59. The van der Waals surface area contributed by atoms with Gasteiger partial charge < -0.3 is 14.8 Å². The summed E-state index contributed by atoms with van der Waals surface area (Å²) < 4.78 is 1.93. The molecule has 0 saturated heterocycles. The van der Waals surface area contributed by atoms with Crippen LogP contribution < -0.4 is 5.32 Å². The minimum atomic E-state index is -0.634. The Morgan fingerprint density at radius 1 is 1.45 bits per heavy atom. The first kappa shape index (κ1) is 14.5. The van der Waals surface area contributed by atoms with Gasteiger partial charge in [-0.3, -0.25) is 4.79 Å². The minimum Gasteiger partial charge on any atom is -0.394 e. The highest BCUT2D eigenvalue weighted by molar-refractivity contribution is 5.94. The van der Waals surface area contributed by atoms with Crippen LogP contribution in [0.1, 0.15) is 42.5 Å². The van der Waals surface area contributed by atoms with Crippen LogP contribution in [0.4, 0.5) is 0 Å². The van der Waals surface area contributed by atoms with Gasteiger partial charge in [-0.1, -0.05) is 6.92 Å². The standard InChI is InChI=1S/C15H21N3O2/c1-5-12-10(2)18-8-11(6-7-13(18)16-12)14(20)17-15(3,4)9-19/h6-8,19H,5,9H2,1-4H3,(H,17,20). The van der Waals surface area contributed by atoms with E-state index < -0.39 is 5.54 Å². The van der Waals surface area contributed by atoms with Crippen molar-refractivity contribution in [2.75, 3.05) is 6.61 Å². The molecule has 0 atom stereocenters. The van der Waals surface area contributed by atoms with Crippen LogP contribution in [0.25, 0.3) is 5.65 Å². The molecule has 0 saturated carbocycles. The highest BCUT2D eigenvalue weighted by Crippen LogP contribution is 2.14. The monoisotopic (exact) mass is 275 g/mol. The molecule has 2 aromatic rings. The number of aromatic nitrogens is 2. The lowest BCUT2D eigenvalue weighted by Gasteiger charge is -2.23. The highest BCUT2D eigenvalue weighted by Gasteiger charge is 2.20. The Morgan fingerprint density at radius 2 is 2.15 bits per heavy atom. The first-order valence-electron chi connectivity index (χ1n) is 6.79. The Kier molecular flexibility index (Phi) is 3.81. The van der Waals surface area contributed by atoms with Gasteiger partial charge in [-0.25, -0.2) is 4.98 Å². The van der Waals surface area contributed by atoms with Crippen molar-refractivity contribution < 1.29 is 9.90 Å². The van der Waals surface area contributed by atoms with Gasteiger partial charge >= 0.3 is 0 Å². The predicted octanol–water partition coefficient (Wildman–Crippen LogP) is 1.71. The Morgan fingerprint density at radius 3 is 2.75 bits per heavy atom. The largest absolute Gasteiger partial charge is 0.394 e. The number of hydrogen-bond donors (Lipinski definition) is 2. The molecule has 2 rings (SSSR count). The third-order valence-corrected chi connectivity index (χ3v) is 3.40. The lowest BCUT2D eigenvalue weighted by atomic mass is 10.1. The summed E-state index contributed by atoms with van der Waals surface area (Å²) in [6.45, 7) is 7.51. The molecule has 108 valence electrons. The Hall–Kier alpha value is -1.88. The molecule has 2 heterocycles. The average molecular weight is 275 g/mol. The van der Waals surface area contributed by atoms with Crippen LogP contribution in [0.5, 0.6) is 0 Å². The normalized spacial score (nSPS) is 11.8. The van der Waals surface area contributed by atoms with Gasteiger partial charge in [0.15, 0.2) is 0 Å². The maximum absolute atomic E-state index is 12.2. The van der Waals surface area contributed by atoms with E-state index in [1.165, 1.54) is 0 Å². The lowest BCUT2D eigenvalue weighted by molar-refractivity contribution is 0.0869. The van der Waals surface area contributed by atoms with E-state index in [9.17, 15) is 9.90 Å². The summed E-state index contributed by atoms with van der Waals surface area (Å²) in [5.74, 6) is -0.197. The van der Waals surface area contributed by atoms with Gasteiger partial charge in [0.1, 0.15) is 5.65 Å². The third-order valence-electron chi connectivity index (χ3n) is 3.40. The van der Waals surface area contributed by atoms with E-state index in [0.717, 1.165) is 23.5 Å². The summed E-state index contributed by atoms with van der Waals surface area (Å²) in [6.07, 6.45) is 2.66. The molecule has 0 aromatic carbocycles. The summed E-state index contributed by atoms with van der Waals surface area (Å²) in [5, 5.41) is 12.0. The van der Waals surface area contributed by atoms with E-state index in [2.05, 4.69) is 17.2 Å². The van der Waals surface area contributed by atoms with Crippen molar-refractivity contribution in [2.45, 2.75) is 39.7 Å². The van der Waals surface area contributed by atoms with Gasteiger partial charge in [-0.2, -0.15) is 0 Å². The van der Waals surface area contributed by atoms with Gasteiger partial charge in [-0.05, 0) is 39.3 Å². The molecule has 0 aliphatic rings. The fourth-order valence-corrected chi connectivity index (χ4v) is 2.10. The molecule has 5 heteroatoms. The highest BCUT2D eigenvalue weighted by atomic mass is 16.3. The fourth-order valence-electron chi connectivity index (χ4n) is 2.10. The molecule has 0 aliphatic heterocycles. The minimum absolute atomic E-state index is 0.106. The number of pyridine rings is 1. The first-order valence-corrected chi connectivity index (χ1v) is 6.79. The average Bonchev–Trinajstić information content (AvgIpc) is 2.74. The maximum Gasteiger partial charge on any atom is 0.253 e. The predicted molar refractivity (Wildman–Crippen MR) is 77.9 cm³/mol. The molecular weight excluding hydrogens is 254 g/mol. The van der Waals surface area contributed by atoms with Gasteiger partial charge in [0.25, 0.3) is 5.91 Å². The van der Waals surface area contributed by atoms with Crippen molar-refractivity contribution in [3.8, 4) is 0 Å². The van der Waals surface area contributed by atoms with Gasteiger partial charge in [0.2, 0.25) is 0 Å². The quantitative estimate of drug-likeness (QED) is 0.892. The third kappa shape index (κ3) is 2.67.